The van der Waals surface area contributed by atoms with E-state index in [1.807, 2.05) is 36.4 Å². The molecule has 29 heavy (non-hydrogen) atoms. The monoisotopic (exact) mass is 430 g/mol. The van der Waals surface area contributed by atoms with Crippen molar-refractivity contribution < 1.29 is 19.1 Å². The minimum atomic E-state index is -0.377. The van der Waals surface area contributed by atoms with Gasteiger partial charge < -0.3 is 14.0 Å². The summed E-state index contributed by atoms with van der Waals surface area (Å²) in [5.41, 5.74) is 1.31. The van der Waals surface area contributed by atoms with Crippen molar-refractivity contribution >= 4 is 45.2 Å². The quantitative estimate of drug-likeness (QED) is 0.416. The van der Waals surface area contributed by atoms with Crippen molar-refractivity contribution in [2.24, 2.45) is 4.99 Å². The molecule has 0 radical (unpaired) electrons. The van der Waals surface area contributed by atoms with E-state index in [4.69, 9.17) is 9.47 Å². The summed E-state index contributed by atoms with van der Waals surface area (Å²) >= 11 is 3.00. The maximum atomic E-state index is 12.8. The molecule has 1 aromatic heterocycles. The smallest absolute Gasteiger partial charge is 0.326 e. The summed E-state index contributed by atoms with van der Waals surface area (Å²) in [5, 5.41) is 0. The molecule has 6 nitrogen and oxygen atoms in total. The number of carbonyl (C=O) groups is 2. The molecular formula is C21H22N2O4S2. The van der Waals surface area contributed by atoms with Crippen molar-refractivity contribution in [1.29, 1.82) is 0 Å². The molecule has 0 atom stereocenters. The number of carbonyl (C=O) groups excluding carboxylic acids is 2. The highest BCUT2D eigenvalue weighted by Gasteiger charge is 2.14. The Bertz CT molecular complexity index is 1100. The van der Waals surface area contributed by atoms with Crippen LogP contribution in [-0.2, 0) is 16.1 Å². The third-order valence-corrected chi connectivity index (χ3v) is 5.99. The number of aromatic nitrogens is 1. The molecule has 1 heterocycles. The number of fused-ring (bicyclic) bond motifs is 1. The van der Waals surface area contributed by atoms with Gasteiger partial charge in [-0.25, -0.2) is 0 Å². The zero-order chi connectivity index (χ0) is 20.8. The van der Waals surface area contributed by atoms with E-state index >= 15 is 0 Å². The Kier molecular flexibility index (Phi) is 7.11. The van der Waals surface area contributed by atoms with E-state index in [0.29, 0.717) is 22.7 Å². The van der Waals surface area contributed by atoms with Gasteiger partial charge in [-0.1, -0.05) is 24.3 Å². The van der Waals surface area contributed by atoms with Crippen molar-refractivity contribution in [1.82, 2.24) is 4.57 Å². The SMILES string of the molecule is CCOC(=O)Cn1c(=NC(=O)c2cccc(SCC)c2)sc2cc(OC)ccc21. The Morgan fingerprint density at radius 1 is 1.17 bits per heavy atom. The lowest BCUT2D eigenvalue weighted by Crippen LogP contribution is -2.23. The lowest BCUT2D eigenvalue weighted by molar-refractivity contribution is -0.143. The highest BCUT2D eigenvalue weighted by molar-refractivity contribution is 7.99. The zero-order valence-electron chi connectivity index (χ0n) is 16.5. The van der Waals surface area contributed by atoms with Crippen molar-refractivity contribution in [3.63, 3.8) is 0 Å². The first-order valence-corrected chi connectivity index (χ1v) is 11.0. The third-order valence-electron chi connectivity index (χ3n) is 4.07. The van der Waals surface area contributed by atoms with Crippen LogP contribution in [0.1, 0.15) is 24.2 Å². The van der Waals surface area contributed by atoms with Gasteiger partial charge in [-0.05, 0) is 49.1 Å². The standard InChI is InChI=1S/C21H22N2O4S2/c1-4-27-19(24)13-23-17-10-9-15(26-3)12-18(17)29-21(23)22-20(25)14-7-6-8-16(11-14)28-5-2/h6-12H,4-5,13H2,1-3H3. The highest BCUT2D eigenvalue weighted by Crippen LogP contribution is 2.24. The summed E-state index contributed by atoms with van der Waals surface area (Å²) in [5.74, 6) is 0.897. The van der Waals surface area contributed by atoms with Crippen LogP contribution in [0.4, 0.5) is 0 Å². The average Bonchev–Trinajstić information content (AvgIpc) is 3.04. The Hall–Kier alpha value is -2.58. The van der Waals surface area contributed by atoms with E-state index in [0.717, 1.165) is 20.9 Å². The molecule has 0 aliphatic carbocycles. The number of rotatable bonds is 7. The number of methoxy groups -OCH3 is 1. The maximum absolute atomic E-state index is 12.8. The van der Waals surface area contributed by atoms with Gasteiger partial charge in [0.25, 0.3) is 5.91 Å². The summed E-state index contributed by atoms with van der Waals surface area (Å²) in [7, 11) is 1.59. The van der Waals surface area contributed by atoms with Crippen LogP contribution in [0.5, 0.6) is 5.75 Å². The molecule has 2 aromatic carbocycles. The highest BCUT2D eigenvalue weighted by atomic mass is 32.2. The molecule has 152 valence electrons. The second-order valence-corrected chi connectivity index (χ2v) is 8.33. The fourth-order valence-corrected chi connectivity index (χ4v) is 4.57. The number of amides is 1. The molecule has 0 unspecified atom stereocenters. The van der Waals surface area contributed by atoms with Crippen LogP contribution in [0.25, 0.3) is 10.2 Å². The molecule has 0 bridgehead atoms. The first-order chi connectivity index (χ1) is 14.0. The minimum Gasteiger partial charge on any atom is -0.497 e. The Morgan fingerprint density at radius 3 is 2.72 bits per heavy atom. The molecule has 1 amide bonds. The van der Waals surface area contributed by atoms with Crippen molar-refractivity contribution in [3.05, 3.63) is 52.8 Å². The molecular weight excluding hydrogens is 408 g/mol. The Morgan fingerprint density at radius 2 is 2.00 bits per heavy atom. The summed E-state index contributed by atoms with van der Waals surface area (Å²) in [6.45, 7) is 4.10. The van der Waals surface area contributed by atoms with Crippen LogP contribution < -0.4 is 9.54 Å². The van der Waals surface area contributed by atoms with Crippen molar-refractivity contribution in [3.8, 4) is 5.75 Å². The summed E-state index contributed by atoms with van der Waals surface area (Å²) < 4.78 is 12.9. The van der Waals surface area contributed by atoms with Crippen LogP contribution >= 0.6 is 23.1 Å². The molecule has 0 saturated heterocycles. The van der Waals surface area contributed by atoms with Gasteiger partial charge in [0.1, 0.15) is 12.3 Å². The van der Waals surface area contributed by atoms with E-state index < -0.39 is 0 Å². The molecule has 3 rings (SSSR count). The van der Waals surface area contributed by atoms with E-state index in [2.05, 4.69) is 11.9 Å². The Labute approximate surface area is 177 Å². The van der Waals surface area contributed by atoms with Crippen LogP contribution in [0.15, 0.2) is 52.4 Å². The number of nitrogens with zero attached hydrogens (tertiary/aromatic N) is 2. The van der Waals surface area contributed by atoms with Crippen molar-refractivity contribution in [2.45, 2.75) is 25.3 Å². The van der Waals surface area contributed by atoms with Gasteiger partial charge >= 0.3 is 5.97 Å². The Balaban J connectivity index is 2.07. The third kappa shape index (κ3) is 5.07. The average molecular weight is 431 g/mol. The lowest BCUT2D eigenvalue weighted by Gasteiger charge is -2.06. The van der Waals surface area contributed by atoms with Crippen LogP contribution in [0.3, 0.4) is 0 Å². The molecule has 0 aliphatic heterocycles. The van der Waals surface area contributed by atoms with Crippen LogP contribution in [0, 0.1) is 0 Å². The van der Waals surface area contributed by atoms with Gasteiger partial charge in [-0.3, -0.25) is 9.59 Å². The van der Waals surface area contributed by atoms with E-state index in [1.165, 1.54) is 11.3 Å². The normalized spacial score (nSPS) is 11.6. The van der Waals surface area contributed by atoms with Gasteiger partial charge in [0, 0.05) is 10.5 Å². The fourth-order valence-electron chi connectivity index (χ4n) is 2.79. The van der Waals surface area contributed by atoms with Gasteiger partial charge in [-0.2, -0.15) is 4.99 Å². The number of esters is 1. The van der Waals surface area contributed by atoms with Gasteiger partial charge in [0.05, 0.1) is 23.9 Å². The first kappa shape index (κ1) is 21.1. The van der Waals surface area contributed by atoms with Gasteiger partial charge in [0.15, 0.2) is 4.80 Å². The predicted molar refractivity (Wildman–Crippen MR) is 116 cm³/mol. The zero-order valence-corrected chi connectivity index (χ0v) is 18.1. The number of thioether (sulfide) groups is 1. The summed E-state index contributed by atoms with van der Waals surface area (Å²) in [4.78, 5) is 30.7. The molecule has 0 aliphatic rings. The van der Waals surface area contributed by atoms with Crippen molar-refractivity contribution in [2.75, 3.05) is 19.5 Å². The first-order valence-electron chi connectivity index (χ1n) is 9.20. The van der Waals surface area contributed by atoms with Gasteiger partial charge in [-0.15, -0.1) is 11.8 Å². The number of hydrogen-bond donors (Lipinski definition) is 0. The summed E-state index contributed by atoms with van der Waals surface area (Å²) in [6.07, 6.45) is 0. The molecule has 8 heteroatoms. The van der Waals surface area contributed by atoms with Crippen LogP contribution in [0.2, 0.25) is 0 Å². The maximum Gasteiger partial charge on any atom is 0.326 e. The fraction of sp³-hybridized carbons (Fsp3) is 0.286. The molecule has 3 aromatic rings. The van der Waals surface area contributed by atoms with Gasteiger partial charge in [0.2, 0.25) is 0 Å². The molecule has 0 fully saturated rings. The number of ether oxygens (including phenoxy) is 2. The number of thiazole rings is 1. The predicted octanol–water partition coefficient (Wildman–Crippen LogP) is 4.13. The van der Waals surface area contributed by atoms with E-state index in [1.54, 1.807) is 36.4 Å². The van der Waals surface area contributed by atoms with E-state index in [9.17, 15) is 9.59 Å². The lowest BCUT2D eigenvalue weighted by atomic mass is 10.2. The van der Waals surface area contributed by atoms with E-state index in [-0.39, 0.29) is 18.4 Å². The second-order valence-electron chi connectivity index (χ2n) is 5.99. The second kappa shape index (κ2) is 9.76. The molecule has 0 spiro atoms. The topological polar surface area (TPSA) is 69.9 Å². The largest absolute Gasteiger partial charge is 0.497 e. The number of hydrogen-bond acceptors (Lipinski definition) is 6. The minimum absolute atomic E-state index is 0.0159. The number of benzene rings is 2. The molecule has 0 saturated carbocycles. The molecule has 0 N–H and O–H groups in total. The van der Waals surface area contributed by atoms with Crippen LogP contribution in [-0.4, -0.2) is 35.9 Å². The summed E-state index contributed by atoms with van der Waals surface area (Å²) in [6, 6.07) is 12.9.